The van der Waals surface area contributed by atoms with Crippen molar-refractivity contribution in [3.8, 4) is 0 Å². The van der Waals surface area contributed by atoms with Crippen LogP contribution in [0.5, 0.6) is 0 Å². The average Bonchev–Trinajstić information content (AvgIpc) is 2.73. The molecule has 19 heavy (non-hydrogen) atoms. The number of benzene rings is 1. The minimum absolute atomic E-state index is 0.253. The Morgan fingerprint density at radius 3 is 2.16 bits per heavy atom. The molecule has 0 bridgehead atoms. The molecule has 0 atom stereocenters. The summed E-state index contributed by atoms with van der Waals surface area (Å²) < 4.78 is 0. The van der Waals surface area contributed by atoms with Crippen LogP contribution < -0.4 is 5.32 Å². The van der Waals surface area contributed by atoms with Gasteiger partial charge in [-0.1, -0.05) is 26.8 Å². The number of thiophene rings is 1. The maximum atomic E-state index is 3.52. The summed E-state index contributed by atoms with van der Waals surface area (Å²) in [7, 11) is 0. The van der Waals surface area contributed by atoms with Gasteiger partial charge in [0.05, 0.1) is 0 Å². The molecule has 0 aliphatic carbocycles. The summed E-state index contributed by atoms with van der Waals surface area (Å²) in [6, 6.07) is 11.1. The van der Waals surface area contributed by atoms with Gasteiger partial charge in [0.15, 0.2) is 0 Å². The predicted octanol–water partition coefficient (Wildman–Crippen LogP) is 5.27. The van der Waals surface area contributed by atoms with Gasteiger partial charge in [0.25, 0.3) is 0 Å². The first kappa shape index (κ1) is 14.1. The lowest BCUT2D eigenvalue weighted by Crippen LogP contribution is -2.07. The van der Waals surface area contributed by atoms with Crippen molar-refractivity contribution in [3.05, 3.63) is 51.2 Å². The minimum atomic E-state index is 0.253. The Bertz CT molecular complexity index is 541. The molecule has 0 radical (unpaired) electrons. The molecule has 1 heterocycles. The zero-order valence-electron chi connectivity index (χ0n) is 12.5. The van der Waals surface area contributed by atoms with E-state index in [9.17, 15) is 0 Å². The number of nitrogens with one attached hydrogen (secondary N) is 1. The number of hydrogen-bond donors (Lipinski definition) is 1. The Labute approximate surface area is 120 Å². The second kappa shape index (κ2) is 5.38. The van der Waals surface area contributed by atoms with Crippen molar-refractivity contribution < 1.29 is 0 Å². The van der Waals surface area contributed by atoms with Gasteiger partial charge in [0.1, 0.15) is 0 Å². The molecule has 0 amide bonds. The highest BCUT2D eigenvalue weighted by atomic mass is 32.1. The highest BCUT2D eigenvalue weighted by Gasteiger charge is 2.15. The molecular formula is C17H23NS. The minimum Gasteiger partial charge on any atom is -0.380 e. The molecule has 1 N–H and O–H groups in total. The highest BCUT2D eigenvalue weighted by molar-refractivity contribution is 7.12. The highest BCUT2D eigenvalue weighted by Crippen LogP contribution is 2.29. The van der Waals surface area contributed by atoms with Gasteiger partial charge in [0, 0.05) is 22.0 Å². The summed E-state index contributed by atoms with van der Waals surface area (Å²) in [5.41, 5.74) is 4.08. The molecule has 1 nitrogen and oxygen atoms in total. The van der Waals surface area contributed by atoms with Crippen LogP contribution in [0.25, 0.3) is 0 Å². The topological polar surface area (TPSA) is 12.0 Å². The van der Waals surface area contributed by atoms with E-state index >= 15 is 0 Å². The van der Waals surface area contributed by atoms with Crippen LogP contribution in [0.3, 0.4) is 0 Å². The SMILES string of the molecule is Cc1cc(C)cc(NCc2ccc(C(C)(C)C)s2)c1. The molecule has 0 saturated carbocycles. The number of rotatable bonds is 3. The summed E-state index contributed by atoms with van der Waals surface area (Å²) in [6.45, 7) is 12.0. The Kier molecular flexibility index (Phi) is 4.00. The van der Waals surface area contributed by atoms with Gasteiger partial charge >= 0.3 is 0 Å². The standard InChI is InChI=1S/C17H23NS/c1-12-8-13(2)10-14(9-12)18-11-15-6-7-16(19-15)17(3,4)5/h6-10,18H,11H2,1-5H3. The number of anilines is 1. The van der Waals surface area contributed by atoms with Crippen molar-refractivity contribution in [2.24, 2.45) is 0 Å². The molecule has 1 aromatic carbocycles. The lowest BCUT2D eigenvalue weighted by atomic mass is 9.95. The van der Waals surface area contributed by atoms with Crippen LogP contribution in [0.15, 0.2) is 30.3 Å². The molecule has 2 aromatic rings. The van der Waals surface area contributed by atoms with Crippen LogP contribution in [-0.4, -0.2) is 0 Å². The van der Waals surface area contributed by atoms with Crippen molar-refractivity contribution >= 4 is 17.0 Å². The Balaban J connectivity index is 2.04. The summed E-state index contributed by atoms with van der Waals surface area (Å²) in [4.78, 5) is 2.84. The van der Waals surface area contributed by atoms with E-state index in [4.69, 9.17) is 0 Å². The molecule has 2 rings (SSSR count). The smallest absolute Gasteiger partial charge is 0.0494 e. The van der Waals surface area contributed by atoms with E-state index in [2.05, 4.69) is 70.3 Å². The fraction of sp³-hybridized carbons (Fsp3) is 0.412. The van der Waals surface area contributed by atoms with Crippen LogP contribution in [0.4, 0.5) is 5.69 Å². The van der Waals surface area contributed by atoms with Gasteiger partial charge < -0.3 is 5.32 Å². The Hall–Kier alpha value is -1.28. The third-order valence-electron chi connectivity index (χ3n) is 3.09. The van der Waals surface area contributed by atoms with Crippen LogP contribution in [0.2, 0.25) is 0 Å². The van der Waals surface area contributed by atoms with Crippen molar-refractivity contribution in [2.75, 3.05) is 5.32 Å². The molecule has 0 aliphatic rings. The molecule has 0 aliphatic heterocycles. The van der Waals surface area contributed by atoms with Crippen molar-refractivity contribution in [1.29, 1.82) is 0 Å². The molecule has 0 unspecified atom stereocenters. The largest absolute Gasteiger partial charge is 0.380 e. The monoisotopic (exact) mass is 273 g/mol. The van der Waals surface area contributed by atoms with Crippen molar-refractivity contribution in [3.63, 3.8) is 0 Å². The summed E-state index contributed by atoms with van der Waals surface area (Å²) in [5.74, 6) is 0. The third kappa shape index (κ3) is 3.84. The zero-order chi connectivity index (χ0) is 14.0. The van der Waals surface area contributed by atoms with Gasteiger partial charge in [-0.3, -0.25) is 0 Å². The fourth-order valence-electron chi connectivity index (χ4n) is 2.14. The van der Waals surface area contributed by atoms with Gasteiger partial charge in [-0.2, -0.15) is 0 Å². The van der Waals surface area contributed by atoms with Crippen molar-refractivity contribution in [2.45, 2.75) is 46.6 Å². The third-order valence-corrected chi connectivity index (χ3v) is 4.60. The lowest BCUT2D eigenvalue weighted by molar-refractivity contribution is 0.604. The van der Waals surface area contributed by atoms with E-state index in [0.29, 0.717) is 0 Å². The molecule has 2 heteroatoms. The van der Waals surface area contributed by atoms with Gasteiger partial charge in [0.2, 0.25) is 0 Å². The second-order valence-electron chi connectivity index (χ2n) is 6.25. The van der Waals surface area contributed by atoms with Gasteiger partial charge in [-0.25, -0.2) is 0 Å². The van der Waals surface area contributed by atoms with E-state index in [0.717, 1.165) is 6.54 Å². The first-order chi connectivity index (χ1) is 8.84. The second-order valence-corrected chi connectivity index (χ2v) is 7.41. The summed E-state index contributed by atoms with van der Waals surface area (Å²) in [5, 5.41) is 3.52. The van der Waals surface area contributed by atoms with Crippen LogP contribution in [0, 0.1) is 13.8 Å². The quantitative estimate of drug-likeness (QED) is 0.802. The number of hydrogen-bond acceptors (Lipinski definition) is 2. The normalized spacial score (nSPS) is 11.6. The van der Waals surface area contributed by atoms with Crippen LogP contribution in [0.1, 0.15) is 41.7 Å². The maximum Gasteiger partial charge on any atom is 0.0494 e. The molecule has 0 fully saturated rings. The maximum absolute atomic E-state index is 3.52. The molecular weight excluding hydrogens is 250 g/mol. The molecule has 0 spiro atoms. The first-order valence-corrected chi connectivity index (χ1v) is 7.57. The lowest BCUT2D eigenvalue weighted by Gasteiger charge is -2.15. The van der Waals surface area contributed by atoms with Crippen LogP contribution >= 0.6 is 11.3 Å². The molecule has 102 valence electrons. The van der Waals surface area contributed by atoms with Gasteiger partial charge in [-0.15, -0.1) is 11.3 Å². The predicted molar refractivity (Wildman–Crippen MR) is 86.3 cm³/mol. The molecule has 1 aromatic heterocycles. The van der Waals surface area contributed by atoms with E-state index in [1.54, 1.807) is 0 Å². The van der Waals surface area contributed by atoms with Crippen molar-refractivity contribution in [1.82, 2.24) is 0 Å². The average molecular weight is 273 g/mol. The fourth-order valence-corrected chi connectivity index (χ4v) is 3.15. The summed E-state index contributed by atoms with van der Waals surface area (Å²) in [6.07, 6.45) is 0. The van der Waals surface area contributed by atoms with Crippen LogP contribution in [-0.2, 0) is 12.0 Å². The first-order valence-electron chi connectivity index (χ1n) is 6.76. The van der Waals surface area contributed by atoms with E-state index in [1.807, 2.05) is 11.3 Å². The Morgan fingerprint density at radius 1 is 1.00 bits per heavy atom. The summed E-state index contributed by atoms with van der Waals surface area (Å²) >= 11 is 1.90. The van der Waals surface area contributed by atoms with Gasteiger partial charge in [-0.05, 0) is 54.7 Å². The van der Waals surface area contributed by atoms with E-state index in [-0.39, 0.29) is 5.41 Å². The number of aryl methyl sites for hydroxylation is 2. The van der Waals surface area contributed by atoms with E-state index < -0.39 is 0 Å². The molecule has 0 saturated heterocycles. The Morgan fingerprint density at radius 2 is 1.63 bits per heavy atom. The van der Waals surface area contributed by atoms with E-state index in [1.165, 1.54) is 26.6 Å². The zero-order valence-corrected chi connectivity index (χ0v) is 13.3.